The molecule has 0 spiro atoms. The van der Waals surface area contributed by atoms with Crippen molar-refractivity contribution in [3.8, 4) is 11.4 Å². The Balaban J connectivity index is 1.82. The molecule has 3 rings (SSSR count). The van der Waals surface area contributed by atoms with Crippen LogP contribution in [0.15, 0.2) is 53.7 Å². The highest BCUT2D eigenvalue weighted by Crippen LogP contribution is 2.26. The molecule has 1 aromatic heterocycles. The molecule has 0 saturated heterocycles. The molecule has 1 amide bonds. The molecule has 2 aromatic carbocycles. The number of aryl methyl sites for hydroxylation is 2. The fraction of sp³-hybridized carbons (Fsp3) is 0.318. The minimum absolute atomic E-state index is 0.00667. The molecule has 0 aliphatic heterocycles. The quantitative estimate of drug-likeness (QED) is 0.538. The lowest BCUT2D eigenvalue weighted by Gasteiger charge is -2.13. The van der Waals surface area contributed by atoms with Crippen LogP contribution in [0.3, 0.4) is 0 Å². The van der Waals surface area contributed by atoms with Crippen molar-refractivity contribution in [3.05, 3.63) is 65.5 Å². The van der Waals surface area contributed by atoms with E-state index in [4.69, 9.17) is 4.74 Å². The third-order valence-electron chi connectivity index (χ3n) is 4.37. The number of carbonyl (C=O) groups excluding carboxylic acids is 1. The van der Waals surface area contributed by atoms with Gasteiger partial charge in [0, 0.05) is 12.2 Å². The van der Waals surface area contributed by atoms with Crippen LogP contribution in [0.5, 0.6) is 5.75 Å². The Bertz CT molecular complexity index is 936. The summed E-state index contributed by atoms with van der Waals surface area (Å²) >= 11 is 1.37. The zero-order chi connectivity index (χ0) is 20.6. The minimum atomic E-state index is -0.00667. The van der Waals surface area contributed by atoms with Gasteiger partial charge in [0.2, 0.25) is 5.91 Å². The number of hydrogen-bond donors (Lipinski definition) is 1. The van der Waals surface area contributed by atoms with Crippen molar-refractivity contribution in [2.75, 3.05) is 12.3 Å². The molecule has 0 aliphatic carbocycles. The molecule has 1 heterocycles. The van der Waals surface area contributed by atoms with Crippen molar-refractivity contribution < 1.29 is 9.53 Å². The van der Waals surface area contributed by atoms with E-state index in [2.05, 4.69) is 15.5 Å². The molecule has 0 bridgehead atoms. The molecule has 6 nitrogen and oxygen atoms in total. The number of nitrogens with one attached hydrogen (secondary N) is 1. The van der Waals surface area contributed by atoms with Gasteiger partial charge in [-0.1, -0.05) is 55.1 Å². The first kappa shape index (κ1) is 20.9. The van der Waals surface area contributed by atoms with Gasteiger partial charge < -0.3 is 10.1 Å². The maximum absolute atomic E-state index is 12.0. The van der Waals surface area contributed by atoms with Gasteiger partial charge in [0.05, 0.1) is 5.75 Å². The second-order valence-electron chi connectivity index (χ2n) is 6.72. The van der Waals surface area contributed by atoms with Gasteiger partial charge in [-0.3, -0.25) is 9.36 Å². The number of amides is 1. The van der Waals surface area contributed by atoms with Crippen LogP contribution in [0.2, 0.25) is 0 Å². The summed E-state index contributed by atoms with van der Waals surface area (Å²) in [5.41, 5.74) is 3.10. The van der Waals surface area contributed by atoms with E-state index in [0.29, 0.717) is 23.3 Å². The molecule has 29 heavy (non-hydrogen) atoms. The Hall–Kier alpha value is -2.80. The van der Waals surface area contributed by atoms with Crippen molar-refractivity contribution in [2.45, 2.75) is 39.0 Å². The number of rotatable bonds is 9. The summed E-state index contributed by atoms with van der Waals surface area (Å²) in [6.45, 7) is 7.05. The average molecular weight is 411 g/mol. The summed E-state index contributed by atoms with van der Waals surface area (Å²) < 4.78 is 8.05. The Morgan fingerprint density at radius 2 is 1.79 bits per heavy atom. The van der Waals surface area contributed by atoms with E-state index in [1.807, 2.05) is 73.9 Å². The predicted octanol–water partition coefficient (Wildman–Crippen LogP) is 4.08. The van der Waals surface area contributed by atoms with Crippen molar-refractivity contribution in [3.63, 3.8) is 0 Å². The van der Waals surface area contributed by atoms with Crippen LogP contribution < -0.4 is 10.1 Å². The molecule has 0 unspecified atom stereocenters. The number of ether oxygens (including phenoxy) is 1. The highest BCUT2D eigenvalue weighted by molar-refractivity contribution is 7.99. The third-order valence-corrected chi connectivity index (χ3v) is 5.30. The molecule has 0 aliphatic rings. The van der Waals surface area contributed by atoms with Crippen molar-refractivity contribution in [2.24, 2.45) is 0 Å². The number of hydrogen-bond acceptors (Lipinski definition) is 5. The Morgan fingerprint density at radius 1 is 1.07 bits per heavy atom. The zero-order valence-corrected chi connectivity index (χ0v) is 17.8. The fourth-order valence-electron chi connectivity index (χ4n) is 2.93. The van der Waals surface area contributed by atoms with Gasteiger partial charge in [-0.2, -0.15) is 0 Å². The Labute approximate surface area is 175 Å². The summed E-state index contributed by atoms with van der Waals surface area (Å²) in [4.78, 5) is 12.0. The molecular formula is C22H26N4O2S. The van der Waals surface area contributed by atoms with E-state index in [1.165, 1.54) is 11.8 Å². The number of para-hydroxylation sites is 2. The van der Waals surface area contributed by atoms with Gasteiger partial charge in [-0.15, -0.1) is 10.2 Å². The first-order valence-electron chi connectivity index (χ1n) is 9.68. The second kappa shape index (κ2) is 10.1. The van der Waals surface area contributed by atoms with E-state index in [9.17, 15) is 4.79 Å². The molecule has 3 aromatic rings. The SMILES string of the molecule is CCCNC(=O)CSc1nnc(COc2c(C)cccc2C)n1-c1ccccc1. The minimum Gasteiger partial charge on any atom is -0.485 e. The number of thioether (sulfide) groups is 1. The average Bonchev–Trinajstić information content (AvgIpc) is 3.13. The van der Waals surface area contributed by atoms with Gasteiger partial charge >= 0.3 is 0 Å². The van der Waals surface area contributed by atoms with Crippen molar-refractivity contribution >= 4 is 17.7 Å². The van der Waals surface area contributed by atoms with Crippen LogP contribution in [-0.4, -0.2) is 33.0 Å². The normalized spacial score (nSPS) is 10.7. The standard InChI is InChI=1S/C22H26N4O2S/c1-4-13-23-20(27)15-29-22-25-24-19(26(22)18-11-6-5-7-12-18)14-28-21-16(2)9-8-10-17(21)3/h5-12H,4,13-15H2,1-3H3,(H,23,27). The Morgan fingerprint density at radius 3 is 2.48 bits per heavy atom. The molecule has 0 radical (unpaired) electrons. The molecule has 1 N–H and O–H groups in total. The maximum Gasteiger partial charge on any atom is 0.230 e. The number of nitrogens with zero attached hydrogens (tertiary/aromatic N) is 3. The summed E-state index contributed by atoms with van der Waals surface area (Å²) in [7, 11) is 0. The lowest BCUT2D eigenvalue weighted by molar-refractivity contribution is -0.118. The summed E-state index contributed by atoms with van der Waals surface area (Å²) in [5, 5.41) is 12.2. The summed E-state index contributed by atoms with van der Waals surface area (Å²) in [5.74, 6) is 1.84. The van der Waals surface area contributed by atoms with E-state index < -0.39 is 0 Å². The molecule has 0 fully saturated rings. The first-order valence-corrected chi connectivity index (χ1v) is 10.7. The van der Waals surface area contributed by atoms with Gasteiger partial charge in [0.15, 0.2) is 11.0 Å². The van der Waals surface area contributed by atoms with E-state index >= 15 is 0 Å². The van der Waals surface area contributed by atoms with E-state index in [-0.39, 0.29) is 12.5 Å². The fourth-order valence-corrected chi connectivity index (χ4v) is 3.73. The second-order valence-corrected chi connectivity index (χ2v) is 7.66. The topological polar surface area (TPSA) is 69.0 Å². The van der Waals surface area contributed by atoms with Crippen molar-refractivity contribution in [1.82, 2.24) is 20.1 Å². The summed E-state index contributed by atoms with van der Waals surface area (Å²) in [6, 6.07) is 16.0. The smallest absolute Gasteiger partial charge is 0.230 e. The van der Waals surface area contributed by atoms with Crippen LogP contribution in [0.4, 0.5) is 0 Å². The van der Waals surface area contributed by atoms with Crippen LogP contribution in [0, 0.1) is 13.8 Å². The molecule has 0 saturated carbocycles. The van der Waals surface area contributed by atoms with Crippen LogP contribution in [0.25, 0.3) is 5.69 Å². The predicted molar refractivity (Wildman–Crippen MR) is 116 cm³/mol. The van der Waals surface area contributed by atoms with E-state index in [1.54, 1.807) is 0 Å². The van der Waals surface area contributed by atoms with Crippen LogP contribution >= 0.6 is 11.8 Å². The third kappa shape index (κ3) is 5.38. The van der Waals surface area contributed by atoms with E-state index in [0.717, 1.165) is 29.0 Å². The summed E-state index contributed by atoms with van der Waals surface area (Å²) in [6.07, 6.45) is 0.913. The zero-order valence-electron chi connectivity index (χ0n) is 17.0. The van der Waals surface area contributed by atoms with Crippen LogP contribution in [0.1, 0.15) is 30.3 Å². The van der Waals surface area contributed by atoms with Gasteiger partial charge in [-0.05, 0) is 43.5 Å². The number of carbonyl (C=O) groups is 1. The monoisotopic (exact) mass is 410 g/mol. The maximum atomic E-state index is 12.0. The lowest BCUT2D eigenvalue weighted by Crippen LogP contribution is -2.25. The first-order chi connectivity index (χ1) is 14.1. The lowest BCUT2D eigenvalue weighted by atomic mass is 10.1. The Kier molecular flexibility index (Phi) is 7.30. The highest BCUT2D eigenvalue weighted by Gasteiger charge is 2.17. The van der Waals surface area contributed by atoms with Gasteiger partial charge in [0.1, 0.15) is 12.4 Å². The number of benzene rings is 2. The largest absolute Gasteiger partial charge is 0.485 e. The van der Waals surface area contributed by atoms with Crippen molar-refractivity contribution in [1.29, 1.82) is 0 Å². The number of aromatic nitrogens is 3. The highest BCUT2D eigenvalue weighted by atomic mass is 32.2. The molecular weight excluding hydrogens is 384 g/mol. The molecule has 0 atom stereocenters. The van der Waals surface area contributed by atoms with Crippen LogP contribution in [-0.2, 0) is 11.4 Å². The molecule has 152 valence electrons. The molecule has 7 heteroatoms. The van der Waals surface area contributed by atoms with Gasteiger partial charge in [-0.25, -0.2) is 0 Å². The van der Waals surface area contributed by atoms with Gasteiger partial charge in [0.25, 0.3) is 0 Å².